The van der Waals surface area contributed by atoms with Crippen LogP contribution in [0, 0.1) is 6.92 Å². The Balaban J connectivity index is 2.88. The van der Waals surface area contributed by atoms with Crippen LogP contribution in [0.25, 0.3) is 10.8 Å². The summed E-state index contributed by atoms with van der Waals surface area (Å²) < 4.78 is 16.1. The van der Waals surface area contributed by atoms with E-state index in [1.807, 2.05) is 31.2 Å². The lowest BCUT2D eigenvalue weighted by Gasteiger charge is -2.19. The molecule has 0 bridgehead atoms. The van der Waals surface area contributed by atoms with E-state index in [2.05, 4.69) is 0 Å². The van der Waals surface area contributed by atoms with E-state index in [1.165, 1.54) is 0 Å². The van der Waals surface area contributed by atoms with Crippen LogP contribution in [0.5, 0.6) is 5.75 Å². The van der Waals surface area contributed by atoms with Gasteiger partial charge in [-0.25, -0.2) is 9.59 Å². The molecule has 0 aromatic heterocycles. The number of carbonyl (C=O) groups excluding carboxylic acids is 2. The maximum atomic E-state index is 12.6. The van der Waals surface area contributed by atoms with Gasteiger partial charge in [-0.1, -0.05) is 24.3 Å². The second-order valence-electron chi connectivity index (χ2n) is 5.12. The minimum atomic E-state index is -0.585. The van der Waals surface area contributed by atoms with Crippen molar-refractivity contribution in [1.29, 1.82) is 0 Å². The number of benzene rings is 2. The molecule has 0 heterocycles. The molecule has 0 unspecified atom stereocenters. The Kier molecular flexibility index (Phi) is 5.79. The summed E-state index contributed by atoms with van der Waals surface area (Å²) >= 11 is 0. The minimum absolute atomic E-state index is 0.133. The molecular weight excluding hydrogens is 308 g/mol. The Morgan fingerprint density at radius 3 is 1.92 bits per heavy atom. The van der Waals surface area contributed by atoms with Crippen molar-refractivity contribution in [3.05, 3.63) is 41.0 Å². The van der Waals surface area contributed by atoms with Crippen LogP contribution in [0.4, 0.5) is 0 Å². The van der Waals surface area contributed by atoms with Crippen molar-refractivity contribution >= 4 is 22.7 Å². The summed E-state index contributed by atoms with van der Waals surface area (Å²) in [6, 6.07) is 7.50. The maximum Gasteiger partial charge on any atom is 0.342 e. The number of hydrogen-bond donors (Lipinski definition) is 0. The molecular formula is C19H22O5. The lowest BCUT2D eigenvalue weighted by atomic mass is 9.93. The van der Waals surface area contributed by atoms with Crippen molar-refractivity contribution in [1.82, 2.24) is 0 Å². The third-order valence-electron chi connectivity index (χ3n) is 3.68. The molecule has 5 nitrogen and oxygen atoms in total. The van der Waals surface area contributed by atoms with Gasteiger partial charge in [-0.3, -0.25) is 0 Å². The van der Waals surface area contributed by atoms with Crippen molar-refractivity contribution in [3.63, 3.8) is 0 Å². The molecule has 0 aliphatic rings. The van der Waals surface area contributed by atoms with Crippen LogP contribution in [0.3, 0.4) is 0 Å². The predicted molar refractivity (Wildman–Crippen MR) is 91.8 cm³/mol. The fourth-order valence-corrected chi connectivity index (χ4v) is 2.73. The molecule has 0 N–H and O–H groups in total. The molecule has 5 heteroatoms. The summed E-state index contributed by atoms with van der Waals surface area (Å²) in [5.74, 6) is -0.775. The quantitative estimate of drug-likeness (QED) is 0.752. The molecule has 0 fully saturated rings. The van der Waals surface area contributed by atoms with Crippen LogP contribution in [0.15, 0.2) is 24.3 Å². The monoisotopic (exact) mass is 330 g/mol. The van der Waals surface area contributed by atoms with E-state index in [1.54, 1.807) is 20.8 Å². The molecule has 128 valence electrons. The zero-order valence-electron chi connectivity index (χ0n) is 14.5. The molecule has 0 radical (unpaired) electrons. The van der Waals surface area contributed by atoms with Gasteiger partial charge in [0, 0.05) is 5.39 Å². The Hall–Kier alpha value is -2.56. The summed E-state index contributed by atoms with van der Waals surface area (Å²) in [6.45, 7) is 7.86. The Labute approximate surface area is 141 Å². The molecule has 0 saturated carbocycles. The molecule has 0 amide bonds. The fourth-order valence-electron chi connectivity index (χ4n) is 2.73. The Bertz CT molecular complexity index is 764. The summed E-state index contributed by atoms with van der Waals surface area (Å²) in [6.07, 6.45) is 0. The van der Waals surface area contributed by atoms with Crippen molar-refractivity contribution in [3.8, 4) is 5.75 Å². The van der Waals surface area contributed by atoms with Gasteiger partial charge in [-0.2, -0.15) is 0 Å². The molecule has 2 aromatic carbocycles. The number of aryl methyl sites for hydroxylation is 1. The van der Waals surface area contributed by atoms with E-state index in [9.17, 15) is 9.59 Å². The molecule has 2 rings (SSSR count). The van der Waals surface area contributed by atoms with Crippen molar-refractivity contribution in [2.24, 2.45) is 0 Å². The standard InChI is InChI=1S/C19H22O5/c1-5-22-17-14-11-9-8-10-13(14)12(4)15(18(20)23-6-2)16(17)19(21)24-7-3/h8-11H,5-7H2,1-4H3. The van der Waals surface area contributed by atoms with Crippen LogP contribution >= 0.6 is 0 Å². The van der Waals surface area contributed by atoms with Gasteiger partial charge in [0.2, 0.25) is 0 Å². The average molecular weight is 330 g/mol. The molecule has 2 aromatic rings. The second-order valence-corrected chi connectivity index (χ2v) is 5.12. The summed E-state index contributed by atoms with van der Waals surface area (Å²) in [7, 11) is 0. The molecule has 0 aliphatic heterocycles. The van der Waals surface area contributed by atoms with E-state index < -0.39 is 11.9 Å². The van der Waals surface area contributed by atoms with Crippen LogP contribution in [0.1, 0.15) is 47.1 Å². The average Bonchev–Trinajstić information content (AvgIpc) is 2.57. The molecule has 24 heavy (non-hydrogen) atoms. The molecule has 0 saturated heterocycles. The zero-order chi connectivity index (χ0) is 17.7. The topological polar surface area (TPSA) is 61.8 Å². The zero-order valence-corrected chi connectivity index (χ0v) is 14.5. The van der Waals surface area contributed by atoms with E-state index in [0.717, 1.165) is 10.8 Å². The Morgan fingerprint density at radius 2 is 1.38 bits per heavy atom. The van der Waals surface area contributed by atoms with Gasteiger partial charge in [0.15, 0.2) is 0 Å². The maximum absolute atomic E-state index is 12.6. The number of rotatable bonds is 6. The predicted octanol–water partition coefficient (Wildman–Crippen LogP) is 3.90. The van der Waals surface area contributed by atoms with E-state index in [4.69, 9.17) is 14.2 Å². The first kappa shape index (κ1) is 17.8. The van der Waals surface area contributed by atoms with Crippen molar-refractivity contribution < 1.29 is 23.8 Å². The highest BCUT2D eigenvalue weighted by Crippen LogP contribution is 2.37. The van der Waals surface area contributed by atoms with E-state index in [-0.39, 0.29) is 24.3 Å². The molecule has 0 spiro atoms. The lowest BCUT2D eigenvalue weighted by molar-refractivity contribution is 0.0474. The first-order valence-electron chi connectivity index (χ1n) is 8.09. The van der Waals surface area contributed by atoms with Crippen molar-refractivity contribution in [2.45, 2.75) is 27.7 Å². The van der Waals surface area contributed by atoms with Gasteiger partial charge in [0.25, 0.3) is 0 Å². The van der Waals surface area contributed by atoms with E-state index >= 15 is 0 Å². The number of hydrogen-bond acceptors (Lipinski definition) is 5. The van der Waals surface area contributed by atoms with Gasteiger partial charge in [0.1, 0.15) is 11.3 Å². The Morgan fingerprint density at radius 1 is 0.833 bits per heavy atom. The minimum Gasteiger partial charge on any atom is -0.492 e. The van der Waals surface area contributed by atoms with Crippen LogP contribution in [0.2, 0.25) is 0 Å². The highest BCUT2D eigenvalue weighted by Gasteiger charge is 2.29. The SMILES string of the molecule is CCOC(=O)c1c(C(=O)OCC)c(OCC)c2ccccc2c1C. The highest BCUT2D eigenvalue weighted by atomic mass is 16.5. The number of ether oxygens (including phenoxy) is 3. The third-order valence-corrected chi connectivity index (χ3v) is 3.68. The molecule has 0 atom stereocenters. The fraction of sp³-hybridized carbons (Fsp3) is 0.368. The number of carbonyl (C=O) groups is 2. The summed E-state index contributed by atoms with van der Waals surface area (Å²) in [5.41, 5.74) is 1.02. The number of fused-ring (bicyclic) bond motifs is 1. The van der Waals surface area contributed by atoms with Crippen LogP contribution in [-0.2, 0) is 9.47 Å². The number of esters is 2. The van der Waals surface area contributed by atoms with Gasteiger partial charge < -0.3 is 14.2 Å². The van der Waals surface area contributed by atoms with Gasteiger partial charge in [-0.15, -0.1) is 0 Å². The second kappa shape index (κ2) is 7.81. The van der Waals surface area contributed by atoms with Gasteiger partial charge >= 0.3 is 11.9 Å². The third kappa shape index (κ3) is 3.20. The highest BCUT2D eigenvalue weighted by molar-refractivity contribution is 6.12. The van der Waals surface area contributed by atoms with Gasteiger partial charge in [0.05, 0.1) is 25.4 Å². The normalized spacial score (nSPS) is 10.5. The summed E-state index contributed by atoms with van der Waals surface area (Å²) in [5, 5.41) is 1.62. The molecule has 0 aliphatic carbocycles. The van der Waals surface area contributed by atoms with E-state index in [0.29, 0.717) is 17.9 Å². The van der Waals surface area contributed by atoms with Crippen molar-refractivity contribution in [2.75, 3.05) is 19.8 Å². The summed E-state index contributed by atoms with van der Waals surface area (Å²) in [4.78, 5) is 25.1. The van der Waals surface area contributed by atoms with Crippen LogP contribution in [-0.4, -0.2) is 31.8 Å². The van der Waals surface area contributed by atoms with Crippen LogP contribution < -0.4 is 4.74 Å². The lowest BCUT2D eigenvalue weighted by Crippen LogP contribution is -2.18. The largest absolute Gasteiger partial charge is 0.492 e. The first-order chi connectivity index (χ1) is 11.6. The smallest absolute Gasteiger partial charge is 0.342 e. The first-order valence-corrected chi connectivity index (χ1v) is 8.09. The van der Waals surface area contributed by atoms with Gasteiger partial charge in [-0.05, 0) is 38.6 Å².